The SMILES string of the molecule is CCC[C@@H](OC(C)=O)C1=C(Br)[C@](OC)(C(Br)Br)OC1=O. The fourth-order valence-electron chi connectivity index (χ4n) is 1.87. The molecule has 0 amide bonds. The maximum atomic E-state index is 12.1. The first kappa shape index (κ1) is 18.1. The summed E-state index contributed by atoms with van der Waals surface area (Å²) in [6.45, 7) is 3.24. The van der Waals surface area contributed by atoms with Crippen LogP contribution >= 0.6 is 47.8 Å². The summed E-state index contributed by atoms with van der Waals surface area (Å²) in [5, 5.41) is 0. The number of rotatable bonds is 6. The summed E-state index contributed by atoms with van der Waals surface area (Å²) >= 11 is 9.94. The van der Waals surface area contributed by atoms with Crippen LogP contribution in [-0.4, -0.2) is 34.7 Å². The van der Waals surface area contributed by atoms with Gasteiger partial charge in [-0.05, 0) is 22.4 Å². The molecule has 0 aromatic rings. The molecule has 20 heavy (non-hydrogen) atoms. The number of methoxy groups -OCH3 is 1. The van der Waals surface area contributed by atoms with Crippen LogP contribution in [-0.2, 0) is 23.8 Å². The average Bonchev–Trinajstić information content (AvgIpc) is 2.60. The van der Waals surface area contributed by atoms with Crippen LogP contribution in [0.1, 0.15) is 26.7 Å². The molecule has 2 atom stereocenters. The van der Waals surface area contributed by atoms with Crippen LogP contribution in [0.25, 0.3) is 0 Å². The monoisotopic (exact) mass is 476 g/mol. The Morgan fingerprint density at radius 1 is 1.45 bits per heavy atom. The summed E-state index contributed by atoms with van der Waals surface area (Å²) in [5.41, 5.74) is 0.271. The third-order valence-electron chi connectivity index (χ3n) is 2.78. The molecule has 0 aromatic carbocycles. The van der Waals surface area contributed by atoms with Crippen LogP contribution in [0.4, 0.5) is 0 Å². The Labute approximate surface area is 142 Å². The largest absolute Gasteiger partial charge is 0.457 e. The van der Waals surface area contributed by atoms with Gasteiger partial charge in [0, 0.05) is 14.0 Å². The van der Waals surface area contributed by atoms with Gasteiger partial charge in [-0.1, -0.05) is 45.2 Å². The van der Waals surface area contributed by atoms with E-state index in [1.54, 1.807) is 0 Å². The van der Waals surface area contributed by atoms with Gasteiger partial charge in [-0.15, -0.1) is 0 Å². The van der Waals surface area contributed by atoms with E-state index < -0.39 is 27.6 Å². The molecule has 5 nitrogen and oxygen atoms in total. The molecule has 0 aromatic heterocycles. The van der Waals surface area contributed by atoms with E-state index in [2.05, 4.69) is 47.8 Å². The van der Waals surface area contributed by atoms with Gasteiger partial charge in [0.15, 0.2) is 0 Å². The molecule has 0 unspecified atom stereocenters. The Morgan fingerprint density at radius 2 is 2.05 bits per heavy atom. The lowest BCUT2D eigenvalue weighted by molar-refractivity contribution is -0.183. The molecule has 0 fully saturated rings. The van der Waals surface area contributed by atoms with E-state index in [1.165, 1.54) is 14.0 Å². The number of esters is 2. The number of hydrogen-bond acceptors (Lipinski definition) is 5. The van der Waals surface area contributed by atoms with Crippen molar-refractivity contribution in [1.29, 1.82) is 0 Å². The van der Waals surface area contributed by atoms with E-state index in [-0.39, 0.29) is 5.57 Å². The molecule has 1 aliphatic heterocycles. The average molecular weight is 479 g/mol. The maximum absolute atomic E-state index is 12.1. The first-order valence-corrected chi connectivity index (χ1v) is 8.56. The van der Waals surface area contributed by atoms with Crippen molar-refractivity contribution in [2.45, 2.75) is 42.3 Å². The van der Waals surface area contributed by atoms with Crippen LogP contribution in [0.2, 0.25) is 0 Å². The van der Waals surface area contributed by atoms with Crippen molar-refractivity contribution >= 4 is 59.7 Å². The van der Waals surface area contributed by atoms with E-state index in [1.807, 2.05) is 6.92 Å². The fourth-order valence-corrected chi connectivity index (χ4v) is 4.39. The first-order chi connectivity index (χ1) is 9.30. The van der Waals surface area contributed by atoms with Crippen molar-refractivity contribution in [2.75, 3.05) is 7.11 Å². The van der Waals surface area contributed by atoms with Gasteiger partial charge in [0.05, 0.1) is 10.1 Å². The second kappa shape index (κ2) is 7.38. The number of hydrogen-bond donors (Lipinski definition) is 0. The minimum atomic E-state index is -1.31. The zero-order chi connectivity index (χ0) is 15.5. The highest BCUT2D eigenvalue weighted by atomic mass is 79.9. The topological polar surface area (TPSA) is 61.8 Å². The van der Waals surface area contributed by atoms with E-state index in [9.17, 15) is 9.59 Å². The minimum Gasteiger partial charge on any atom is -0.457 e. The molecule has 0 bridgehead atoms. The highest BCUT2D eigenvalue weighted by Gasteiger charge is 2.53. The Kier molecular flexibility index (Phi) is 6.69. The standard InChI is InChI=1S/C12H15Br3O5/c1-4-5-7(19-6(2)16)8-9(13)12(18-3,11(14)15)20-10(8)17/h7,11H,4-5H2,1-3H3/t7-,12-/m1/s1. The van der Waals surface area contributed by atoms with Crippen molar-refractivity contribution in [3.8, 4) is 0 Å². The fraction of sp³-hybridized carbons (Fsp3) is 0.667. The van der Waals surface area contributed by atoms with E-state index >= 15 is 0 Å². The molecule has 0 radical (unpaired) electrons. The van der Waals surface area contributed by atoms with E-state index in [0.717, 1.165) is 6.42 Å². The number of cyclic esters (lactones) is 1. The van der Waals surface area contributed by atoms with E-state index in [0.29, 0.717) is 10.9 Å². The zero-order valence-corrected chi connectivity index (χ0v) is 16.0. The number of ether oxygens (including phenoxy) is 3. The molecular formula is C12H15Br3O5. The van der Waals surface area contributed by atoms with Crippen LogP contribution < -0.4 is 0 Å². The Morgan fingerprint density at radius 3 is 2.40 bits per heavy atom. The predicted octanol–water partition coefficient (Wildman–Crippen LogP) is 3.38. The third-order valence-corrected chi connectivity index (χ3v) is 4.96. The molecule has 1 aliphatic rings. The van der Waals surface area contributed by atoms with Crippen molar-refractivity contribution in [2.24, 2.45) is 0 Å². The van der Waals surface area contributed by atoms with Gasteiger partial charge in [0.2, 0.25) is 0 Å². The van der Waals surface area contributed by atoms with Gasteiger partial charge >= 0.3 is 11.9 Å². The van der Waals surface area contributed by atoms with Crippen LogP contribution in [0, 0.1) is 0 Å². The Bertz CT molecular complexity index is 435. The molecular weight excluding hydrogens is 464 g/mol. The summed E-state index contributed by atoms with van der Waals surface area (Å²) in [5.74, 6) is -2.33. The number of alkyl halides is 2. The van der Waals surface area contributed by atoms with Gasteiger partial charge < -0.3 is 14.2 Å². The predicted molar refractivity (Wildman–Crippen MR) is 83.9 cm³/mol. The van der Waals surface area contributed by atoms with Gasteiger partial charge in [-0.3, -0.25) is 4.79 Å². The minimum absolute atomic E-state index is 0.271. The van der Waals surface area contributed by atoms with E-state index in [4.69, 9.17) is 14.2 Å². The van der Waals surface area contributed by atoms with Crippen molar-refractivity contribution in [1.82, 2.24) is 0 Å². The molecule has 0 aliphatic carbocycles. The molecule has 1 rings (SSSR count). The molecule has 114 valence electrons. The van der Waals surface area contributed by atoms with Crippen LogP contribution in [0.3, 0.4) is 0 Å². The molecule has 0 saturated heterocycles. The second-order valence-electron chi connectivity index (χ2n) is 4.18. The lowest BCUT2D eigenvalue weighted by Gasteiger charge is -2.28. The van der Waals surface area contributed by atoms with Crippen molar-refractivity contribution in [3.63, 3.8) is 0 Å². The number of halogens is 3. The summed E-state index contributed by atoms with van der Waals surface area (Å²) < 4.78 is 15.8. The second-order valence-corrected chi connectivity index (χ2v) is 8.03. The first-order valence-electron chi connectivity index (χ1n) is 5.94. The molecule has 8 heteroatoms. The molecule has 1 heterocycles. The van der Waals surface area contributed by atoms with Gasteiger partial charge in [-0.25, -0.2) is 4.79 Å². The highest BCUT2D eigenvalue weighted by molar-refractivity contribution is 9.24. The quantitative estimate of drug-likeness (QED) is 0.432. The third kappa shape index (κ3) is 3.45. The summed E-state index contributed by atoms with van der Waals surface area (Å²) in [6.07, 6.45) is 0.616. The molecule has 0 saturated carbocycles. The smallest absolute Gasteiger partial charge is 0.341 e. The number of carbonyl (C=O) groups is 2. The summed E-state index contributed by atoms with van der Waals surface area (Å²) in [7, 11) is 1.42. The lowest BCUT2D eigenvalue weighted by atomic mass is 10.0. The highest BCUT2D eigenvalue weighted by Crippen LogP contribution is 2.46. The Balaban J connectivity index is 3.23. The molecule has 0 N–H and O–H groups in total. The Hall–Kier alpha value is 0.0800. The molecule has 0 spiro atoms. The van der Waals surface area contributed by atoms with Crippen molar-refractivity contribution < 1.29 is 23.8 Å². The van der Waals surface area contributed by atoms with Crippen molar-refractivity contribution in [3.05, 3.63) is 10.1 Å². The van der Waals surface area contributed by atoms with Gasteiger partial charge in [0.25, 0.3) is 5.79 Å². The lowest BCUT2D eigenvalue weighted by Crippen LogP contribution is -2.39. The van der Waals surface area contributed by atoms with Crippen LogP contribution in [0.5, 0.6) is 0 Å². The maximum Gasteiger partial charge on any atom is 0.341 e. The number of carbonyl (C=O) groups excluding carboxylic acids is 2. The zero-order valence-electron chi connectivity index (χ0n) is 11.2. The van der Waals surface area contributed by atoms with Gasteiger partial charge in [-0.2, -0.15) is 0 Å². The van der Waals surface area contributed by atoms with Gasteiger partial charge in [0.1, 0.15) is 9.84 Å². The summed E-state index contributed by atoms with van der Waals surface area (Å²) in [4.78, 5) is 23.3. The summed E-state index contributed by atoms with van der Waals surface area (Å²) in [6, 6.07) is 0. The van der Waals surface area contributed by atoms with Crippen LogP contribution in [0.15, 0.2) is 10.1 Å². The normalized spacial score (nSPS) is 24.1.